The Balaban J connectivity index is 0.000000133. The van der Waals surface area contributed by atoms with Gasteiger partial charge in [0.2, 0.25) is 0 Å². The molecule has 2 bridgehead atoms. The summed E-state index contributed by atoms with van der Waals surface area (Å²) in [5.41, 5.74) is 0. The molecule has 0 aromatic rings. The van der Waals surface area contributed by atoms with Gasteiger partial charge in [0.1, 0.15) is 0 Å². The lowest BCUT2D eigenvalue weighted by Gasteiger charge is -1.96. The maximum absolute atomic E-state index is 10.7. The number of carbonyl (C=O) groups is 1. The van der Waals surface area contributed by atoms with Gasteiger partial charge in [-0.1, -0.05) is 12.2 Å². The van der Waals surface area contributed by atoms with Gasteiger partial charge in [0.15, 0.2) is 0 Å². The van der Waals surface area contributed by atoms with Crippen molar-refractivity contribution in [1.82, 2.24) is 0 Å². The third-order valence-corrected chi connectivity index (χ3v) is 2.37. The predicted octanol–water partition coefficient (Wildman–Crippen LogP) is 2.53. The molecule has 72 valence electrons. The number of halogens is 1. The highest BCUT2D eigenvalue weighted by molar-refractivity contribution is 5.79. The second-order valence-corrected chi connectivity index (χ2v) is 3.35. The van der Waals surface area contributed by atoms with E-state index in [1.54, 1.807) is 0 Å². The van der Waals surface area contributed by atoms with Crippen LogP contribution < -0.4 is 0 Å². The Morgan fingerprint density at radius 1 is 1.38 bits per heavy atom. The Labute approximate surface area is 76.8 Å². The van der Waals surface area contributed by atoms with Crippen LogP contribution in [0.1, 0.15) is 19.3 Å². The summed E-state index contributed by atoms with van der Waals surface area (Å²) in [5.74, 6) is 0.715. The van der Waals surface area contributed by atoms with Crippen LogP contribution in [-0.4, -0.2) is 11.1 Å². The molecular formula is C10H13FO2. The number of rotatable bonds is 1. The summed E-state index contributed by atoms with van der Waals surface area (Å²) in [4.78, 5) is 9.27. The molecule has 3 heteroatoms. The van der Waals surface area contributed by atoms with Gasteiger partial charge in [-0.3, -0.25) is 0 Å². The van der Waals surface area contributed by atoms with Gasteiger partial charge in [0, 0.05) is 0 Å². The molecule has 0 saturated heterocycles. The van der Waals surface area contributed by atoms with Crippen LogP contribution in [0.4, 0.5) is 4.39 Å². The van der Waals surface area contributed by atoms with Crippen molar-refractivity contribution < 1.29 is 14.3 Å². The molecule has 13 heavy (non-hydrogen) atoms. The second kappa shape index (κ2) is 4.80. The highest BCUT2D eigenvalue weighted by Gasteiger charge is 2.25. The van der Waals surface area contributed by atoms with Gasteiger partial charge in [-0.2, -0.15) is 0 Å². The minimum Gasteiger partial charge on any atom is -0.478 e. The lowest BCUT2D eigenvalue weighted by Crippen LogP contribution is -1.83. The normalized spacial score (nSPS) is 29.0. The molecule has 2 aliphatic carbocycles. The van der Waals surface area contributed by atoms with E-state index in [2.05, 4.69) is 12.2 Å². The van der Waals surface area contributed by atoms with E-state index in [1.807, 2.05) is 0 Å². The molecule has 2 nitrogen and oxygen atoms in total. The maximum Gasteiger partial charge on any atom is 0.330 e. The van der Waals surface area contributed by atoms with Crippen LogP contribution >= 0.6 is 0 Å². The Bertz CT molecular complexity index is 221. The van der Waals surface area contributed by atoms with Gasteiger partial charge in [-0.05, 0) is 31.1 Å². The van der Waals surface area contributed by atoms with Crippen molar-refractivity contribution in [3.05, 3.63) is 24.6 Å². The summed E-state index contributed by atoms with van der Waals surface area (Å²) < 4.78 is 10.7. The summed E-state index contributed by atoms with van der Waals surface area (Å²) in [6.07, 6.45) is 9.58. The van der Waals surface area contributed by atoms with Crippen LogP contribution in [0.25, 0.3) is 0 Å². The molecule has 0 aromatic carbocycles. The smallest absolute Gasteiger partial charge is 0.330 e. The van der Waals surface area contributed by atoms with E-state index in [1.165, 1.54) is 19.3 Å². The lowest BCUT2D eigenvalue weighted by molar-refractivity contribution is -0.131. The summed E-state index contributed by atoms with van der Waals surface area (Å²) in [5, 5.41) is 7.59. The first-order chi connectivity index (χ1) is 6.22. The van der Waals surface area contributed by atoms with Crippen LogP contribution in [0.3, 0.4) is 0 Å². The van der Waals surface area contributed by atoms with E-state index < -0.39 is 5.97 Å². The fourth-order valence-corrected chi connectivity index (χ4v) is 1.77. The molecule has 0 aromatic heterocycles. The molecule has 1 fully saturated rings. The Hall–Kier alpha value is -1.12. The van der Waals surface area contributed by atoms with Gasteiger partial charge < -0.3 is 5.11 Å². The minimum atomic E-state index is -1.27. The number of carboxylic acid groups (broad SMARTS) is 1. The van der Waals surface area contributed by atoms with Crippen molar-refractivity contribution in [2.75, 3.05) is 0 Å². The van der Waals surface area contributed by atoms with Crippen LogP contribution in [0, 0.1) is 11.8 Å². The highest BCUT2D eigenvalue weighted by atomic mass is 19.1. The van der Waals surface area contributed by atoms with Gasteiger partial charge in [0.25, 0.3) is 0 Å². The predicted molar refractivity (Wildman–Crippen MR) is 47.9 cm³/mol. The number of fused-ring (bicyclic) bond motifs is 2. The first kappa shape index (κ1) is 9.96. The van der Waals surface area contributed by atoms with Crippen LogP contribution in [-0.2, 0) is 4.79 Å². The molecule has 2 aliphatic rings. The molecule has 0 aliphatic heterocycles. The molecule has 0 spiro atoms. The summed E-state index contributed by atoms with van der Waals surface area (Å²) in [7, 11) is 0. The maximum atomic E-state index is 10.7. The average Bonchev–Trinajstić information content (AvgIpc) is 2.66. The molecule has 0 amide bonds. The number of hydrogen-bond donors (Lipinski definition) is 1. The zero-order valence-corrected chi connectivity index (χ0v) is 7.32. The molecule has 1 saturated carbocycles. The van der Waals surface area contributed by atoms with Crippen LogP contribution in [0.15, 0.2) is 24.6 Å². The van der Waals surface area contributed by atoms with E-state index in [-0.39, 0.29) is 6.33 Å². The Morgan fingerprint density at radius 3 is 2.00 bits per heavy atom. The van der Waals surface area contributed by atoms with Gasteiger partial charge >= 0.3 is 5.97 Å². The summed E-state index contributed by atoms with van der Waals surface area (Å²) >= 11 is 0. The zero-order chi connectivity index (χ0) is 9.68. The lowest BCUT2D eigenvalue weighted by atomic mass is 10.1. The van der Waals surface area contributed by atoms with Crippen LogP contribution in [0.2, 0.25) is 0 Å². The SMILES string of the molecule is C1=CC2CCC1C2.O=C(O)C=CF. The zero-order valence-electron chi connectivity index (χ0n) is 7.32. The van der Waals surface area contributed by atoms with E-state index in [0.717, 1.165) is 11.8 Å². The molecule has 2 unspecified atom stereocenters. The van der Waals surface area contributed by atoms with E-state index >= 15 is 0 Å². The topological polar surface area (TPSA) is 37.3 Å². The van der Waals surface area contributed by atoms with Crippen molar-refractivity contribution in [3.8, 4) is 0 Å². The van der Waals surface area contributed by atoms with Crippen molar-refractivity contribution >= 4 is 5.97 Å². The fraction of sp³-hybridized carbons (Fsp3) is 0.500. The third-order valence-electron chi connectivity index (χ3n) is 2.37. The molecule has 0 heterocycles. The largest absolute Gasteiger partial charge is 0.478 e. The van der Waals surface area contributed by atoms with E-state index in [4.69, 9.17) is 5.11 Å². The van der Waals surface area contributed by atoms with Crippen molar-refractivity contribution in [3.63, 3.8) is 0 Å². The summed E-state index contributed by atoms with van der Waals surface area (Å²) in [6, 6.07) is 0. The first-order valence-electron chi connectivity index (χ1n) is 4.40. The minimum absolute atomic E-state index is 0.0255. The molecule has 0 radical (unpaired) electrons. The molecular weight excluding hydrogens is 171 g/mol. The summed E-state index contributed by atoms with van der Waals surface area (Å²) in [6.45, 7) is 0. The monoisotopic (exact) mass is 184 g/mol. The number of aliphatic carboxylic acids is 1. The second-order valence-electron chi connectivity index (χ2n) is 3.35. The van der Waals surface area contributed by atoms with E-state index in [9.17, 15) is 9.18 Å². The van der Waals surface area contributed by atoms with E-state index in [0.29, 0.717) is 6.08 Å². The number of allylic oxidation sites excluding steroid dienone is 2. The number of carboxylic acids is 1. The molecule has 2 rings (SSSR count). The van der Waals surface area contributed by atoms with Gasteiger partial charge in [-0.15, -0.1) is 0 Å². The van der Waals surface area contributed by atoms with Gasteiger partial charge in [-0.25, -0.2) is 9.18 Å². The average molecular weight is 184 g/mol. The van der Waals surface area contributed by atoms with Crippen LogP contribution in [0.5, 0.6) is 0 Å². The highest BCUT2D eigenvalue weighted by Crippen LogP contribution is 2.38. The Kier molecular flexibility index (Phi) is 3.68. The number of hydrogen-bond acceptors (Lipinski definition) is 1. The Morgan fingerprint density at radius 2 is 1.92 bits per heavy atom. The van der Waals surface area contributed by atoms with Crippen molar-refractivity contribution in [1.29, 1.82) is 0 Å². The van der Waals surface area contributed by atoms with Gasteiger partial charge in [0.05, 0.1) is 12.4 Å². The van der Waals surface area contributed by atoms with Crippen molar-refractivity contribution in [2.45, 2.75) is 19.3 Å². The quantitative estimate of drug-likeness (QED) is 0.502. The fourth-order valence-electron chi connectivity index (χ4n) is 1.77. The third kappa shape index (κ3) is 3.40. The standard InChI is InChI=1S/C7H10.C3H3FO2/c1-2-7-4-3-6(1)5-7;4-2-1-3(5)6/h1-2,6-7H,3-5H2;1-2H,(H,5,6). The molecule has 2 atom stereocenters. The first-order valence-corrected chi connectivity index (χ1v) is 4.40. The molecule has 1 N–H and O–H groups in total. The van der Waals surface area contributed by atoms with Crippen molar-refractivity contribution in [2.24, 2.45) is 11.8 Å².